The average Bonchev–Trinajstić information content (AvgIpc) is 2.94. The number of alkyl halides is 1. The van der Waals surface area contributed by atoms with E-state index in [4.69, 9.17) is 16.2 Å². The largest absolute Gasteiger partial charge is 0.452 e. The lowest BCUT2D eigenvalue weighted by atomic mass is 9.73. The number of hydrogen-bond donors (Lipinski definition) is 2. The third kappa shape index (κ3) is 4.24. The highest BCUT2D eigenvalue weighted by Crippen LogP contribution is 2.52. The van der Waals surface area contributed by atoms with Crippen molar-refractivity contribution in [1.29, 1.82) is 0 Å². The molecule has 10 heteroatoms. The lowest BCUT2D eigenvalue weighted by molar-refractivity contribution is 0.383. The first-order chi connectivity index (χ1) is 18.8. The van der Waals surface area contributed by atoms with Gasteiger partial charge in [-0.2, -0.15) is 13.2 Å². The SMILES string of the molecule is NC(I)c1ccccc1[C@@]1(N)c2cc(-c3cccnc3F)ccc2Oc2c1cc(-c1ccnc(F)c1)nc2F. The van der Waals surface area contributed by atoms with Crippen molar-refractivity contribution in [1.82, 2.24) is 15.0 Å². The minimum atomic E-state index is -1.51. The van der Waals surface area contributed by atoms with E-state index in [1.54, 1.807) is 36.4 Å². The Kier molecular flexibility index (Phi) is 6.32. The molecule has 5 aromatic rings. The number of nitrogens with zero attached hydrogens (tertiary/aromatic N) is 3. The summed E-state index contributed by atoms with van der Waals surface area (Å²) in [5.41, 5.74) is 15.4. The molecular formula is C29H19F3IN5O. The van der Waals surface area contributed by atoms with Crippen LogP contribution in [0.15, 0.2) is 85.2 Å². The van der Waals surface area contributed by atoms with Crippen molar-refractivity contribution in [3.8, 4) is 33.9 Å². The van der Waals surface area contributed by atoms with Gasteiger partial charge in [-0.3, -0.25) is 0 Å². The van der Waals surface area contributed by atoms with Gasteiger partial charge in [0.05, 0.1) is 9.74 Å². The van der Waals surface area contributed by atoms with Crippen LogP contribution in [0.25, 0.3) is 22.4 Å². The highest BCUT2D eigenvalue weighted by Gasteiger charge is 2.44. The van der Waals surface area contributed by atoms with E-state index in [0.29, 0.717) is 27.8 Å². The molecule has 0 radical (unpaired) electrons. The molecule has 1 aliphatic heterocycles. The Labute approximate surface area is 235 Å². The van der Waals surface area contributed by atoms with Crippen LogP contribution in [-0.2, 0) is 5.54 Å². The van der Waals surface area contributed by atoms with Gasteiger partial charge in [0.1, 0.15) is 11.3 Å². The topological polar surface area (TPSA) is 99.9 Å². The van der Waals surface area contributed by atoms with Gasteiger partial charge in [-0.25, -0.2) is 15.0 Å². The second-order valence-corrected chi connectivity index (χ2v) is 10.3. The zero-order valence-electron chi connectivity index (χ0n) is 20.1. The van der Waals surface area contributed by atoms with Gasteiger partial charge in [-0.15, -0.1) is 0 Å². The van der Waals surface area contributed by atoms with Crippen LogP contribution in [0.4, 0.5) is 13.2 Å². The number of aromatic nitrogens is 3. The van der Waals surface area contributed by atoms with E-state index >= 15 is 4.39 Å². The zero-order chi connectivity index (χ0) is 27.3. The fraction of sp³-hybridized carbons (Fsp3) is 0.0690. The number of fused-ring (bicyclic) bond motifs is 2. The zero-order valence-corrected chi connectivity index (χ0v) is 22.2. The normalized spacial score (nSPS) is 16.7. The number of ether oxygens (including phenoxy) is 1. The first kappa shape index (κ1) is 25.4. The van der Waals surface area contributed by atoms with Gasteiger partial charge < -0.3 is 16.2 Å². The predicted octanol–water partition coefficient (Wildman–Crippen LogP) is 6.37. The maximum absolute atomic E-state index is 15.6. The average molecular weight is 637 g/mol. The Balaban J connectivity index is 1.67. The van der Waals surface area contributed by atoms with E-state index in [0.717, 1.165) is 6.07 Å². The van der Waals surface area contributed by atoms with E-state index in [9.17, 15) is 8.78 Å². The monoisotopic (exact) mass is 637 g/mol. The highest BCUT2D eigenvalue weighted by molar-refractivity contribution is 14.1. The summed E-state index contributed by atoms with van der Waals surface area (Å²) < 4.78 is 49.8. The number of benzene rings is 2. The third-order valence-corrected chi connectivity index (χ3v) is 7.42. The molecule has 3 aromatic heterocycles. The molecule has 0 spiro atoms. The summed E-state index contributed by atoms with van der Waals surface area (Å²) >= 11 is 2.08. The molecule has 2 atom stereocenters. The second kappa shape index (κ2) is 9.70. The van der Waals surface area contributed by atoms with Gasteiger partial charge in [0.15, 0.2) is 5.75 Å². The predicted molar refractivity (Wildman–Crippen MR) is 149 cm³/mol. The van der Waals surface area contributed by atoms with Gasteiger partial charge in [0.2, 0.25) is 11.9 Å². The van der Waals surface area contributed by atoms with Crippen molar-refractivity contribution in [2.75, 3.05) is 0 Å². The van der Waals surface area contributed by atoms with E-state index < -0.39 is 27.4 Å². The summed E-state index contributed by atoms with van der Waals surface area (Å²) in [6, 6.07) is 19.8. The lowest BCUT2D eigenvalue weighted by Gasteiger charge is -2.39. The van der Waals surface area contributed by atoms with Crippen LogP contribution >= 0.6 is 22.6 Å². The first-order valence-electron chi connectivity index (χ1n) is 11.8. The van der Waals surface area contributed by atoms with Crippen LogP contribution in [0.1, 0.15) is 26.3 Å². The molecule has 2 aromatic carbocycles. The fourth-order valence-corrected chi connectivity index (χ4v) is 5.48. The second-order valence-electron chi connectivity index (χ2n) is 8.99. The molecule has 39 heavy (non-hydrogen) atoms. The van der Waals surface area contributed by atoms with E-state index in [1.807, 2.05) is 24.3 Å². The molecule has 194 valence electrons. The van der Waals surface area contributed by atoms with Crippen LogP contribution in [-0.4, -0.2) is 15.0 Å². The van der Waals surface area contributed by atoms with Gasteiger partial charge in [-0.05, 0) is 53.1 Å². The van der Waals surface area contributed by atoms with E-state index in [2.05, 4.69) is 37.5 Å². The van der Waals surface area contributed by atoms with Gasteiger partial charge in [-0.1, -0.05) is 52.9 Å². The molecule has 0 saturated heterocycles. The molecule has 0 fully saturated rings. The summed E-state index contributed by atoms with van der Waals surface area (Å²) in [4.78, 5) is 11.4. The minimum Gasteiger partial charge on any atom is -0.452 e. The Morgan fingerprint density at radius 1 is 0.795 bits per heavy atom. The number of halogens is 4. The quantitative estimate of drug-likeness (QED) is 0.103. The van der Waals surface area contributed by atoms with Crippen LogP contribution in [0.5, 0.6) is 11.5 Å². The maximum atomic E-state index is 15.6. The molecule has 4 heterocycles. The van der Waals surface area contributed by atoms with Gasteiger partial charge in [0.25, 0.3) is 5.95 Å². The molecule has 1 unspecified atom stereocenters. The summed E-state index contributed by atoms with van der Waals surface area (Å²) in [6.45, 7) is 0. The summed E-state index contributed by atoms with van der Waals surface area (Å²) in [6.07, 6.45) is 2.63. The van der Waals surface area contributed by atoms with Crippen LogP contribution in [0, 0.1) is 17.8 Å². The van der Waals surface area contributed by atoms with Gasteiger partial charge in [0, 0.05) is 40.7 Å². The van der Waals surface area contributed by atoms with Crippen molar-refractivity contribution >= 4 is 22.6 Å². The standard InChI is InChI=1S/C29H19F3IN5O/c30-24-13-16(9-11-36-24)22-14-21-25(27(32)38-22)39-23-8-7-15(17-5-3-10-37-26(17)31)12-20(23)29(21,35)19-6-2-1-4-18(19)28(33)34/h1-14,28H,34-35H2/t28?,29-/m1/s1. The highest BCUT2D eigenvalue weighted by atomic mass is 127. The molecular weight excluding hydrogens is 618 g/mol. The molecule has 6 nitrogen and oxygen atoms in total. The number of nitrogens with two attached hydrogens (primary N) is 2. The Morgan fingerprint density at radius 2 is 1.62 bits per heavy atom. The fourth-order valence-electron chi connectivity index (χ4n) is 4.94. The van der Waals surface area contributed by atoms with Crippen molar-refractivity contribution < 1.29 is 17.9 Å². The molecule has 0 saturated carbocycles. The molecule has 4 N–H and O–H groups in total. The van der Waals surface area contributed by atoms with Crippen molar-refractivity contribution in [3.63, 3.8) is 0 Å². The number of pyridine rings is 3. The summed E-state index contributed by atoms with van der Waals surface area (Å²) in [5, 5.41) is 0. The Bertz CT molecular complexity index is 1750. The molecule has 6 rings (SSSR count). The molecule has 0 amide bonds. The van der Waals surface area contributed by atoms with Crippen LogP contribution in [0.3, 0.4) is 0 Å². The van der Waals surface area contributed by atoms with Crippen molar-refractivity contribution in [2.24, 2.45) is 11.5 Å². The Morgan fingerprint density at radius 3 is 2.38 bits per heavy atom. The number of rotatable bonds is 4. The van der Waals surface area contributed by atoms with Gasteiger partial charge >= 0.3 is 0 Å². The summed E-state index contributed by atoms with van der Waals surface area (Å²) in [7, 11) is 0. The lowest BCUT2D eigenvalue weighted by Crippen LogP contribution is -2.43. The van der Waals surface area contributed by atoms with Crippen molar-refractivity contribution in [3.05, 3.63) is 125 Å². The number of hydrogen-bond acceptors (Lipinski definition) is 6. The molecule has 0 bridgehead atoms. The van der Waals surface area contributed by atoms with E-state index in [1.165, 1.54) is 18.5 Å². The molecule has 1 aliphatic rings. The third-order valence-electron chi connectivity index (χ3n) is 6.75. The minimum absolute atomic E-state index is 0.139. The van der Waals surface area contributed by atoms with Crippen LogP contribution < -0.4 is 16.2 Å². The first-order valence-corrected chi connectivity index (χ1v) is 13.1. The maximum Gasteiger partial charge on any atom is 0.256 e. The van der Waals surface area contributed by atoms with E-state index in [-0.39, 0.29) is 28.3 Å². The molecule has 0 aliphatic carbocycles. The summed E-state index contributed by atoms with van der Waals surface area (Å²) in [5.74, 6) is -2.20. The van der Waals surface area contributed by atoms with Crippen molar-refractivity contribution in [2.45, 2.75) is 9.59 Å². The Hall–Kier alpha value is -3.87. The van der Waals surface area contributed by atoms with Crippen LogP contribution in [0.2, 0.25) is 0 Å². The smallest absolute Gasteiger partial charge is 0.256 e.